The van der Waals surface area contributed by atoms with Crippen LogP contribution in [0, 0.1) is 11.3 Å². The molecule has 0 saturated carbocycles. The van der Waals surface area contributed by atoms with E-state index in [0.29, 0.717) is 69.8 Å². The van der Waals surface area contributed by atoms with Crippen molar-refractivity contribution in [2.24, 2.45) is 16.3 Å². The van der Waals surface area contributed by atoms with Crippen molar-refractivity contribution in [1.82, 2.24) is 30.2 Å². The fourth-order valence-corrected chi connectivity index (χ4v) is 9.38. The lowest BCUT2D eigenvalue weighted by Gasteiger charge is -2.36. The molecule has 5 heterocycles. The van der Waals surface area contributed by atoms with E-state index >= 15 is 0 Å². The van der Waals surface area contributed by atoms with Crippen LogP contribution in [0.4, 0.5) is 0 Å². The molecule has 3 aliphatic heterocycles. The number of aliphatic imine (C=N–C) groups is 1. The van der Waals surface area contributed by atoms with Gasteiger partial charge in [-0.05, 0) is 104 Å². The first-order chi connectivity index (χ1) is 30.2. The quantitative estimate of drug-likeness (QED) is 0.145. The minimum atomic E-state index is -1.11. The number of benzene rings is 2. The molecule has 2 aromatic carbocycles. The maximum Gasteiger partial charge on any atom is 0.324 e. The number of nitrogens with one attached hydrogen (secondary N) is 2. The molecule has 1 fully saturated rings. The average Bonchev–Trinajstić information content (AvgIpc) is 3.89. The van der Waals surface area contributed by atoms with Crippen molar-refractivity contribution in [1.29, 1.82) is 0 Å². The topological polar surface area (TPSA) is 168 Å². The van der Waals surface area contributed by atoms with Gasteiger partial charge < -0.3 is 29.4 Å². The van der Waals surface area contributed by atoms with Gasteiger partial charge in [0.25, 0.3) is 5.91 Å². The van der Waals surface area contributed by atoms with Crippen LogP contribution < -0.4 is 10.7 Å². The number of aromatic nitrogens is 2. The summed E-state index contributed by atoms with van der Waals surface area (Å²) in [4.78, 5) is 66.9. The number of carbonyl (C=O) groups excluding carboxylic acids is 4. The summed E-state index contributed by atoms with van der Waals surface area (Å²) in [6.07, 6.45) is 5.50. The van der Waals surface area contributed by atoms with Gasteiger partial charge in [-0.15, -0.1) is 0 Å². The zero-order valence-corrected chi connectivity index (χ0v) is 37.8. The van der Waals surface area contributed by atoms with Gasteiger partial charge in [0, 0.05) is 73.2 Å². The molecule has 336 valence electrons. The van der Waals surface area contributed by atoms with E-state index in [0.717, 1.165) is 51.0 Å². The van der Waals surface area contributed by atoms with E-state index in [1.807, 2.05) is 38.2 Å². The number of phenolic OH excluding ortho intramolecular Hbond substituents is 1. The Labute approximate surface area is 370 Å². The number of hydrogen-bond donors (Lipinski definition) is 3. The lowest BCUT2D eigenvalue weighted by Crippen LogP contribution is -2.62. The molecule has 4 aromatic rings. The average molecular weight is 862 g/mol. The van der Waals surface area contributed by atoms with Gasteiger partial charge in [0.2, 0.25) is 11.8 Å². The third kappa shape index (κ3) is 10.1. The number of ether oxygens (including phenoxy) is 2. The molecule has 0 aliphatic carbocycles. The van der Waals surface area contributed by atoms with E-state index in [-0.39, 0.29) is 37.0 Å². The maximum absolute atomic E-state index is 14.6. The lowest BCUT2D eigenvalue weighted by molar-refractivity contribution is -0.155. The number of likely N-dealkylation sites (N-methyl/N-ethyl adjacent to an activating group) is 1. The van der Waals surface area contributed by atoms with Crippen LogP contribution in [0.3, 0.4) is 0 Å². The van der Waals surface area contributed by atoms with Crippen LogP contribution in [-0.4, -0.2) is 106 Å². The summed E-state index contributed by atoms with van der Waals surface area (Å²) < 4.78 is 13.9. The molecule has 0 radical (unpaired) electrons. The van der Waals surface area contributed by atoms with E-state index in [1.165, 1.54) is 9.91 Å². The number of pyridine rings is 1. The van der Waals surface area contributed by atoms with Crippen LogP contribution in [0.2, 0.25) is 0 Å². The van der Waals surface area contributed by atoms with E-state index in [2.05, 4.69) is 66.2 Å². The van der Waals surface area contributed by atoms with E-state index < -0.39 is 41.3 Å². The van der Waals surface area contributed by atoms with Gasteiger partial charge in [-0.1, -0.05) is 46.8 Å². The highest BCUT2D eigenvalue weighted by Crippen LogP contribution is 2.41. The van der Waals surface area contributed by atoms with E-state index in [1.54, 1.807) is 19.2 Å². The van der Waals surface area contributed by atoms with Crippen molar-refractivity contribution >= 4 is 40.5 Å². The molecule has 1 saturated heterocycles. The Hall–Kier alpha value is -5.76. The van der Waals surface area contributed by atoms with Crippen LogP contribution in [0.1, 0.15) is 90.5 Å². The Morgan fingerprint density at radius 3 is 2.62 bits per heavy atom. The molecule has 3 N–H and O–H groups in total. The van der Waals surface area contributed by atoms with Crippen molar-refractivity contribution in [3.8, 4) is 28.1 Å². The number of aryl methyl sites for hydroxylation is 2. The van der Waals surface area contributed by atoms with Crippen LogP contribution in [-0.2, 0) is 54.5 Å². The predicted molar refractivity (Wildman–Crippen MR) is 243 cm³/mol. The second-order valence-corrected chi connectivity index (χ2v) is 18.2. The number of esters is 1. The molecule has 7 rings (SSSR count). The Balaban J connectivity index is 1.28. The summed E-state index contributed by atoms with van der Waals surface area (Å²) in [5.74, 6) is -1.19. The summed E-state index contributed by atoms with van der Waals surface area (Å²) >= 11 is 0. The van der Waals surface area contributed by atoms with Crippen LogP contribution in [0.15, 0.2) is 59.7 Å². The molecular formula is C49H63N7O7. The van der Waals surface area contributed by atoms with E-state index in [9.17, 15) is 24.3 Å². The first-order valence-corrected chi connectivity index (χ1v) is 22.6. The number of aromatic hydroxyl groups is 1. The molecule has 6 bridgehead atoms. The Kier molecular flexibility index (Phi) is 13.9. The molecule has 0 spiro atoms. The molecule has 2 aromatic heterocycles. The minimum Gasteiger partial charge on any atom is -0.508 e. The van der Waals surface area contributed by atoms with Gasteiger partial charge in [0.15, 0.2) is 5.90 Å². The monoisotopic (exact) mass is 861 g/mol. The first kappa shape index (κ1) is 45.3. The highest BCUT2D eigenvalue weighted by molar-refractivity contribution is 5.96. The van der Waals surface area contributed by atoms with Crippen molar-refractivity contribution in [2.45, 2.75) is 118 Å². The van der Waals surface area contributed by atoms with Gasteiger partial charge in [-0.25, -0.2) is 5.43 Å². The highest BCUT2D eigenvalue weighted by atomic mass is 16.5. The molecule has 63 heavy (non-hydrogen) atoms. The van der Waals surface area contributed by atoms with Crippen LogP contribution in [0.5, 0.6) is 5.75 Å². The smallest absolute Gasteiger partial charge is 0.324 e. The fraction of sp³-hybridized carbons (Fsp3) is 0.510. The summed E-state index contributed by atoms with van der Waals surface area (Å²) in [5.41, 5.74) is 10.2. The number of cyclic esters (lactones) is 1. The Morgan fingerprint density at radius 1 is 1.08 bits per heavy atom. The highest BCUT2D eigenvalue weighted by Gasteiger charge is 2.38. The van der Waals surface area contributed by atoms with Gasteiger partial charge >= 0.3 is 5.97 Å². The summed E-state index contributed by atoms with van der Waals surface area (Å²) in [6.45, 7) is 14.5. The van der Waals surface area contributed by atoms with Crippen LogP contribution in [0.25, 0.3) is 33.3 Å². The molecular weight excluding hydrogens is 799 g/mol. The van der Waals surface area contributed by atoms with Crippen molar-refractivity contribution in [3.63, 3.8) is 0 Å². The third-order valence-electron chi connectivity index (χ3n) is 12.5. The standard InChI is InChI=1S/C49H63N7O7/c1-8-38-35(13-11-19-50-38)45-37-28-49(5,6)29-63-48(61)39-14-12-21-56(53-39)47(60)40(52-46(59)44(30(3)4)54(7)43(58)16-10-15-42-51-20-22-62-42)25-31-23-33(26-34(57)24-31)32-17-18-41(36(37)27-32)55(45)9-2/h11,13,17-19,23-24,26-27,30,39-40,44,53,57H,8-10,12,14-16,20-22,25,28-29H2,1-7H3,(H,52,59)/t39-,40-,44-/m0/s1. The molecule has 14 heteroatoms. The van der Waals surface area contributed by atoms with Crippen molar-refractivity contribution in [3.05, 3.63) is 71.5 Å². The van der Waals surface area contributed by atoms with E-state index in [4.69, 9.17) is 14.5 Å². The van der Waals surface area contributed by atoms with Gasteiger partial charge in [0.1, 0.15) is 30.5 Å². The summed E-state index contributed by atoms with van der Waals surface area (Å²) in [5, 5.41) is 16.7. The van der Waals surface area contributed by atoms with Crippen molar-refractivity contribution < 1.29 is 33.8 Å². The largest absolute Gasteiger partial charge is 0.508 e. The Bertz CT molecular complexity index is 2390. The Morgan fingerprint density at radius 2 is 1.89 bits per heavy atom. The van der Waals surface area contributed by atoms with Gasteiger partial charge in [-0.3, -0.25) is 34.2 Å². The zero-order valence-electron chi connectivity index (χ0n) is 37.8. The SMILES string of the molecule is CCc1ncccc1-c1c2c3cc(ccc3n1CC)-c1cc(O)cc(c1)C[C@H](NC(=O)[C@H](C(C)C)N(C)C(=O)CCCC1=NCCO1)C(=O)N1CCC[C@H](N1)C(=O)OCC(C)(C)C2. The number of nitrogens with zero attached hydrogens (tertiary/aromatic N) is 5. The summed E-state index contributed by atoms with van der Waals surface area (Å²) in [7, 11) is 1.62. The minimum absolute atomic E-state index is 0.0175. The summed E-state index contributed by atoms with van der Waals surface area (Å²) in [6, 6.07) is 12.9. The number of phenols is 1. The van der Waals surface area contributed by atoms with Gasteiger partial charge in [-0.2, -0.15) is 0 Å². The second-order valence-electron chi connectivity index (χ2n) is 18.2. The normalized spacial score (nSPS) is 19.6. The third-order valence-corrected chi connectivity index (χ3v) is 12.5. The lowest BCUT2D eigenvalue weighted by atomic mass is 9.84. The molecule has 3 amide bonds. The first-order valence-electron chi connectivity index (χ1n) is 22.6. The molecule has 3 atom stereocenters. The number of carbonyl (C=O) groups is 4. The number of rotatable bonds is 11. The number of fused-ring (bicyclic) bond motifs is 6. The molecule has 14 nitrogen and oxygen atoms in total. The zero-order chi connectivity index (χ0) is 45.0. The predicted octanol–water partition coefficient (Wildman–Crippen LogP) is 6.39. The number of hydrazine groups is 1. The maximum atomic E-state index is 14.6. The second kappa shape index (κ2) is 19.3. The van der Waals surface area contributed by atoms with Crippen LogP contribution >= 0.6 is 0 Å². The fourth-order valence-electron chi connectivity index (χ4n) is 9.38. The molecule has 3 aliphatic rings. The van der Waals surface area contributed by atoms with Gasteiger partial charge in [0.05, 0.1) is 18.8 Å². The number of amides is 3. The number of hydrogen-bond acceptors (Lipinski definition) is 10. The molecule has 0 unspecified atom stereocenters. The van der Waals surface area contributed by atoms with Crippen molar-refractivity contribution in [2.75, 3.05) is 33.4 Å².